The van der Waals surface area contributed by atoms with E-state index in [-0.39, 0.29) is 5.91 Å². The molecule has 21 heavy (non-hydrogen) atoms. The van der Waals surface area contributed by atoms with Gasteiger partial charge in [-0.05, 0) is 24.6 Å². The Hall–Kier alpha value is -2.69. The maximum absolute atomic E-state index is 11.6. The second-order valence-electron chi connectivity index (χ2n) is 4.88. The Morgan fingerprint density at radius 1 is 1.38 bits per heavy atom. The summed E-state index contributed by atoms with van der Waals surface area (Å²) in [5, 5.41) is 2.91. The van der Waals surface area contributed by atoms with Crippen LogP contribution in [0.4, 0.5) is 5.69 Å². The third kappa shape index (κ3) is 2.63. The number of fused-ring (bicyclic) bond motifs is 1. The van der Waals surface area contributed by atoms with E-state index >= 15 is 0 Å². The number of hydrogen-bond donors (Lipinski definition) is 1. The van der Waals surface area contributed by atoms with Gasteiger partial charge >= 0.3 is 0 Å². The molecule has 0 saturated heterocycles. The molecule has 0 unspecified atom stereocenters. The van der Waals surface area contributed by atoms with Crippen LogP contribution in [0, 0.1) is 6.92 Å². The van der Waals surface area contributed by atoms with Crippen LogP contribution in [0.15, 0.2) is 42.9 Å². The molecule has 2 heterocycles. The zero-order valence-corrected chi connectivity index (χ0v) is 12.0. The third-order valence-corrected chi connectivity index (χ3v) is 3.36. The summed E-state index contributed by atoms with van der Waals surface area (Å²) < 4.78 is 1.87. The van der Waals surface area contributed by atoms with Crippen molar-refractivity contribution in [3.63, 3.8) is 0 Å². The fourth-order valence-corrected chi connectivity index (χ4v) is 2.12. The predicted octanol–water partition coefficient (Wildman–Crippen LogP) is 3.05. The lowest BCUT2D eigenvalue weighted by molar-refractivity contribution is -0.115. The Balaban J connectivity index is 2.02. The molecule has 0 saturated carbocycles. The number of aryl methyl sites for hydroxylation is 1. The van der Waals surface area contributed by atoms with Crippen molar-refractivity contribution >= 4 is 17.4 Å². The number of carbonyl (C=O) groups is 1. The van der Waals surface area contributed by atoms with Crippen molar-refractivity contribution in [3.8, 4) is 11.3 Å². The maximum atomic E-state index is 11.6. The minimum absolute atomic E-state index is 0.00641. The van der Waals surface area contributed by atoms with E-state index in [0.717, 1.165) is 22.5 Å². The minimum Gasteiger partial charge on any atom is -0.326 e. The zero-order chi connectivity index (χ0) is 14.8. The van der Waals surface area contributed by atoms with Gasteiger partial charge in [0.05, 0.1) is 5.69 Å². The fourth-order valence-electron chi connectivity index (χ4n) is 2.12. The van der Waals surface area contributed by atoms with Crippen LogP contribution in [0.3, 0.4) is 0 Å². The average Bonchev–Trinajstić information content (AvgIpc) is 2.93. The predicted molar refractivity (Wildman–Crippen MR) is 82.1 cm³/mol. The summed E-state index contributed by atoms with van der Waals surface area (Å²) in [6, 6.07) is 7.79. The van der Waals surface area contributed by atoms with Gasteiger partial charge in [-0.15, -0.1) is 0 Å². The second-order valence-corrected chi connectivity index (χ2v) is 4.88. The fraction of sp³-hybridized carbons (Fsp3) is 0.188. The molecular formula is C16H16N4O. The Kier molecular flexibility index (Phi) is 3.39. The van der Waals surface area contributed by atoms with Crippen LogP contribution in [0.5, 0.6) is 0 Å². The largest absolute Gasteiger partial charge is 0.326 e. The van der Waals surface area contributed by atoms with Gasteiger partial charge in [0.1, 0.15) is 0 Å². The van der Waals surface area contributed by atoms with Gasteiger partial charge in [-0.25, -0.2) is 9.97 Å². The lowest BCUT2D eigenvalue weighted by atomic mass is 10.1. The van der Waals surface area contributed by atoms with Gasteiger partial charge in [0.25, 0.3) is 0 Å². The number of aromatic nitrogens is 3. The number of hydrogen-bond acceptors (Lipinski definition) is 3. The minimum atomic E-state index is 0.00641. The Labute approximate surface area is 122 Å². The Morgan fingerprint density at radius 2 is 2.24 bits per heavy atom. The van der Waals surface area contributed by atoms with Gasteiger partial charge < -0.3 is 5.32 Å². The standard InChI is InChI=1S/C16H16N4O/c1-3-15(21)18-13-9-12(6-5-11(13)2)14-10-20-8-4-7-17-16(20)19-14/h4-10H,3H2,1-2H3,(H,18,21). The highest BCUT2D eigenvalue weighted by Crippen LogP contribution is 2.25. The lowest BCUT2D eigenvalue weighted by Crippen LogP contribution is -2.10. The van der Waals surface area contributed by atoms with Crippen molar-refractivity contribution in [2.45, 2.75) is 20.3 Å². The molecule has 5 nitrogen and oxygen atoms in total. The first-order valence-corrected chi connectivity index (χ1v) is 6.88. The summed E-state index contributed by atoms with van der Waals surface area (Å²) >= 11 is 0. The number of carbonyl (C=O) groups excluding carboxylic acids is 1. The summed E-state index contributed by atoms with van der Waals surface area (Å²) in [4.78, 5) is 20.3. The molecule has 1 aromatic carbocycles. The van der Waals surface area contributed by atoms with Gasteiger partial charge in [-0.1, -0.05) is 19.1 Å². The molecule has 3 aromatic rings. The third-order valence-electron chi connectivity index (χ3n) is 3.36. The monoisotopic (exact) mass is 280 g/mol. The summed E-state index contributed by atoms with van der Waals surface area (Å²) in [5.41, 5.74) is 3.64. The van der Waals surface area contributed by atoms with Crippen LogP contribution < -0.4 is 5.32 Å². The highest BCUT2D eigenvalue weighted by molar-refractivity contribution is 5.92. The molecule has 1 amide bonds. The number of nitrogens with zero attached hydrogens (tertiary/aromatic N) is 3. The van der Waals surface area contributed by atoms with E-state index in [2.05, 4.69) is 15.3 Å². The van der Waals surface area contributed by atoms with Crippen molar-refractivity contribution in [1.29, 1.82) is 0 Å². The molecule has 1 N–H and O–H groups in total. The molecule has 0 bridgehead atoms. The number of nitrogens with one attached hydrogen (secondary N) is 1. The van der Waals surface area contributed by atoms with E-state index in [1.165, 1.54) is 0 Å². The molecule has 0 spiro atoms. The first kappa shape index (κ1) is 13.3. The molecule has 0 aliphatic heterocycles. The Morgan fingerprint density at radius 3 is 3.00 bits per heavy atom. The molecule has 0 aliphatic rings. The van der Waals surface area contributed by atoms with Crippen LogP contribution >= 0.6 is 0 Å². The summed E-state index contributed by atoms with van der Waals surface area (Å²) in [6.07, 6.45) is 6.02. The molecule has 3 rings (SSSR count). The number of anilines is 1. The van der Waals surface area contributed by atoms with Gasteiger partial charge in [0.15, 0.2) is 0 Å². The molecule has 2 aromatic heterocycles. The number of amides is 1. The van der Waals surface area contributed by atoms with Gasteiger partial charge in [0.2, 0.25) is 11.7 Å². The molecule has 0 radical (unpaired) electrons. The van der Waals surface area contributed by atoms with E-state index in [1.54, 1.807) is 6.20 Å². The molecular weight excluding hydrogens is 264 g/mol. The second kappa shape index (κ2) is 5.36. The van der Waals surface area contributed by atoms with Crippen LogP contribution in [0.25, 0.3) is 17.0 Å². The van der Waals surface area contributed by atoms with Crippen molar-refractivity contribution in [3.05, 3.63) is 48.4 Å². The maximum Gasteiger partial charge on any atom is 0.234 e. The summed E-state index contributed by atoms with van der Waals surface area (Å²) in [6.45, 7) is 3.81. The number of rotatable bonds is 3. The van der Waals surface area contributed by atoms with E-state index < -0.39 is 0 Å². The molecule has 0 fully saturated rings. The average molecular weight is 280 g/mol. The normalized spacial score (nSPS) is 10.8. The smallest absolute Gasteiger partial charge is 0.234 e. The van der Waals surface area contributed by atoms with Gasteiger partial charge in [0, 0.05) is 36.3 Å². The summed E-state index contributed by atoms with van der Waals surface area (Å²) in [5.74, 6) is 0.666. The molecule has 106 valence electrons. The quantitative estimate of drug-likeness (QED) is 0.802. The molecule has 0 aliphatic carbocycles. The SMILES string of the molecule is CCC(=O)Nc1cc(-c2cn3cccnc3n2)ccc1C. The van der Waals surface area contributed by atoms with Gasteiger partial charge in [-0.3, -0.25) is 9.20 Å². The number of benzene rings is 1. The molecule has 5 heteroatoms. The topological polar surface area (TPSA) is 59.3 Å². The zero-order valence-electron chi connectivity index (χ0n) is 12.0. The van der Waals surface area contributed by atoms with Crippen molar-refractivity contribution in [2.75, 3.05) is 5.32 Å². The van der Waals surface area contributed by atoms with Crippen LogP contribution in [0.2, 0.25) is 0 Å². The van der Waals surface area contributed by atoms with Crippen molar-refractivity contribution in [1.82, 2.24) is 14.4 Å². The van der Waals surface area contributed by atoms with E-state index in [9.17, 15) is 4.79 Å². The van der Waals surface area contributed by atoms with Crippen LogP contribution in [-0.4, -0.2) is 20.3 Å². The van der Waals surface area contributed by atoms with Crippen molar-refractivity contribution in [2.24, 2.45) is 0 Å². The first-order chi connectivity index (χ1) is 10.2. The van der Waals surface area contributed by atoms with Crippen LogP contribution in [0.1, 0.15) is 18.9 Å². The highest BCUT2D eigenvalue weighted by atomic mass is 16.1. The highest BCUT2D eigenvalue weighted by Gasteiger charge is 2.08. The summed E-state index contributed by atoms with van der Waals surface area (Å²) in [7, 11) is 0. The van der Waals surface area contributed by atoms with Crippen molar-refractivity contribution < 1.29 is 4.79 Å². The van der Waals surface area contributed by atoms with Crippen LogP contribution in [-0.2, 0) is 4.79 Å². The lowest BCUT2D eigenvalue weighted by Gasteiger charge is -2.08. The number of imidazole rings is 1. The van der Waals surface area contributed by atoms with E-state index in [1.807, 2.05) is 54.9 Å². The van der Waals surface area contributed by atoms with E-state index in [4.69, 9.17) is 0 Å². The first-order valence-electron chi connectivity index (χ1n) is 6.88. The van der Waals surface area contributed by atoms with Gasteiger partial charge in [-0.2, -0.15) is 0 Å². The molecule has 0 atom stereocenters. The van der Waals surface area contributed by atoms with E-state index in [0.29, 0.717) is 12.2 Å². The Bertz CT molecular complexity index is 774.